The maximum Gasteiger partial charge on any atom is 0.128 e. The third-order valence-electron chi connectivity index (χ3n) is 2.61. The lowest BCUT2D eigenvalue weighted by atomic mass is 10.0. The molecule has 0 saturated carbocycles. The van der Waals surface area contributed by atoms with Gasteiger partial charge in [-0.1, -0.05) is 12.1 Å². The lowest BCUT2D eigenvalue weighted by Crippen LogP contribution is -1.91. The van der Waals surface area contributed by atoms with Crippen LogP contribution in [0.4, 0.5) is 5.69 Å². The number of hydrogen-bond acceptors (Lipinski definition) is 3. The summed E-state index contributed by atoms with van der Waals surface area (Å²) in [4.78, 5) is 0. The van der Waals surface area contributed by atoms with Gasteiger partial charge in [0.25, 0.3) is 0 Å². The third kappa shape index (κ3) is 2.33. The zero-order valence-corrected chi connectivity index (χ0v) is 9.94. The van der Waals surface area contributed by atoms with Crippen molar-refractivity contribution < 1.29 is 9.47 Å². The molecule has 3 nitrogen and oxygen atoms in total. The van der Waals surface area contributed by atoms with Crippen molar-refractivity contribution in [1.29, 1.82) is 0 Å². The van der Waals surface area contributed by atoms with Crippen molar-refractivity contribution in [2.45, 2.75) is 0 Å². The van der Waals surface area contributed by atoms with Crippen LogP contribution in [0, 0.1) is 0 Å². The molecule has 2 rings (SSSR count). The highest BCUT2D eigenvalue weighted by molar-refractivity contribution is 5.73. The van der Waals surface area contributed by atoms with Crippen LogP contribution >= 0.6 is 0 Å². The molecule has 0 amide bonds. The van der Waals surface area contributed by atoms with Gasteiger partial charge in [-0.25, -0.2) is 0 Å². The maximum atomic E-state index is 5.73. The van der Waals surface area contributed by atoms with E-state index in [9.17, 15) is 0 Å². The highest BCUT2D eigenvalue weighted by Crippen LogP contribution is 2.33. The smallest absolute Gasteiger partial charge is 0.128 e. The lowest BCUT2D eigenvalue weighted by molar-refractivity contribution is 0.414. The van der Waals surface area contributed by atoms with E-state index in [-0.39, 0.29) is 0 Å². The maximum absolute atomic E-state index is 5.73. The van der Waals surface area contributed by atoms with E-state index in [2.05, 4.69) is 0 Å². The molecule has 0 aliphatic carbocycles. The molecular weight excluding hydrogens is 214 g/mol. The van der Waals surface area contributed by atoms with Gasteiger partial charge in [-0.2, -0.15) is 0 Å². The Labute approximate surface area is 101 Å². The Morgan fingerprint density at radius 3 is 2.47 bits per heavy atom. The van der Waals surface area contributed by atoms with Crippen LogP contribution in [0.3, 0.4) is 0 Å². The van der Waals surface area contributed by atoms with Crippen LogP contribution in [-0.2, 0) is 0 Å². The molecule has 2 aromatic rings. The summed E-state index contributed by atoms with van der Waals surface area (Å²) in [5, 5.41) is 0. The van der Waals surface area contributed by atoms with Gasteiger partial charge in [0, 0.05) is 17.3 Å². The zero-order chi connectivity index (χ0) is 12.3. The van der Waals surface area contributed by atoms with Crippen molar-refractivity contribution in [3.05, 3.63) is 42.5 Å². The fourth-order valence-electron chi connectivity index (χ4n) is 1.74. The monoisotopic (exact) mass is 229 g/mol. The second-order valence-corrected chi connectivity index (χ2v) is 3.69. The first-order valence-corrected chi connectivity index (χ1v) is 5.32. The minimum Gasteiger partial charge on any atom is -0.497 e. The minimum atomic E-state index is 0.688. The van der Waals surface area contributed by atoms with Crippen LogP contribution in [0.5, 0.6) is 11.5 Å². The molecule has 2 aromatic carbocycles. The van der Waals surface area contributed by atoms with Crippen molar-refractivity contribution in [2.24, 2.45) is 0 Å². The molecule has 0 aliphatic rings. The molecule has 3 heteroatoms. The molecule has 88 valence electrons. The Bertz CT molecular complexity index is 523. The molecule has 0 heterocycles. The average Bonchev–Trinajstić information content (AvgIpc) is 2.38. The van der Waals surface area contributed by atoms with Crippen LogP contribution in [0.1, 0.15) is 0 Å². The number of nitrogens with two attached hydrogens (primary N) is 1. The summed E-state index contributed by atoms with van der Waals surface area (Å²) >= 11 is 0. The third-order valence-corrected chi connectivity index (χ3v) is 2.61. The quantitative estimate of drug-likeness (QED) is 0.823. The first-order valence-electron chi connectivity index (χ1n) is 5.32. The number of methoxy groups -OCH3 is 2. The first-order chi connectivity index (χ1) is 8.24. The van der Waals surface area contributed by atoms with Crippen LogP contribution in [0.2, 0.25) is 0 Å². The van der Waals surface area contributed by atoms with Crippen LogP contribution in [0.15, 0.2) is 42.5 Å². The van der Waals surface area contributed by atoms with E-state index in [1.54, 1.807) is 14.2 Å². The highest BCUT2D eigenvalue weighted by atomic mass is 16.5. The summed E-state index contributed by atoms with van der Waals surface area (Å²) in [6.45, 7) is 0. The molecule has 17 heavy (non-hydrogen) atoms. The SMILES string of the molecule is COc1cccc(-c2ccc(N)cc2OC)c1. The van der Waals surface area contributed by atoms with Crippen molar-refractivity contribution in [2.75, 3.05) is 20.0 Å². The Morgan fingerprint density at radius 2 is 1.76 bits per heavy atom. The van der Waals surface area contributed by atoms with Crippen molar-refractivity contribution in [1.82, 2.24) is 0 Å². The zero-order valence-electron chi connectivity index (χ0n) is 9.94. The Morgan fingerprint density at radius 1 is 0.941 bits per heavy atom. The normalized spacial score (nSPS) is 10.0. The van der Waals surface area contributed by atoms with Gasteiger partial charge in [0.2, 0.25) is 0 Å². The molecule has 0 spiro atoms. The van der Waals surface area contributed by atoms with Gasteiger partial charge in [0.15, 0.2) is 0 Å². The highest BCUT2D eigenvalue weighted by Gasteiger charge is 2.06. The van der Waals surface area contributed by atoms with Crippen molar-refractivity contribution in [3.8, 4) is 22.6 Å². The molecule has 0 bridgehead atoms. The second-order valence-electron chi connectivity index (χ2n) is 3.69. The summed E-state index contributed by atoms with van der Waals surface area (Å²) in [6.07, 6.45) is 0. The Balaban J connectivity index is 2.51. The van der Waals surface area contributed by atoms with E-state index in [4.69, 9.17) is 15.2 Å². The van der Waals surface area contributed by atoms with Gasteiger partial charge < -0.3 is 15.2 Å². The topological polar surface area (TPSA) is 44.5 Å². The molecule has 0 saturated heterocycles. The molecule has 0 aliphatic heterocycles. The standard InChI is InChI=1S/C14H15NO2/c1-16-12-5-3-4-10(8-12)13-7-6-11(15)9-14(13)17-2/h3-9H,15H2,1-2H3. The van der Waals surface area contributed by atoms with E-state index >= 15 is 0 Å². The summed E-state index contributed by atoms with van der Waals surface area (Å²) in [5.74, 6) is 1.58. The van der Waals surface area contributed by atoms with Gasteiger partial charge in [-0.3, -0.25) is 0 Å². The van der Waals surface area contributed by atoms with Crippen molar-refractivity contribution >= 4 is 5.69 Å². The Kier molecular flexibility index (Phi) is 3.19. The van der Waals surface area contributed by atoms with Gasteiger partial charge in [-0.05, 0) is 29.8 Å². The average molecular weight is 229 g/mol. The van der Waals surface area contributed by atoms with Crippen LogP contribution in [0.25, 0.3) is 11.1 Å². The van der Waals surface area contributed by atoms with E-state index in [1.165, 1.54) is 0 Å². The van der Waals surface area contributed by atoms with Crippen LogP contribution < -0.4 is 15.2 Å². The van der Waals surface area contributed by atoms with Gasteiger partial charge in [0.05, 0.1) is 14.2 Å². The minimum absolute atomic E-state index is 0.688. The number of anilines is 1. The van der Waals surface area contributed by atoms with E-state index in [1.807, 2.05) is 42.5 Å². The molecule has 0 unspecified atom stereocenters. The molecule has 0 fully saturated rings. The second kappa shape index (κ2) is 4.78. The largest absolute Gasteiger partial charge is 0.497 e. The van der Waals surface area contributed by atoms with Gasteiger partial charge in [-0.15, -0.1) is 0 Å². The van der Waals surface area contributed by atoms with Crippen LogP contribution in [-0.4, -0.2) is 14.2 Å². The predicted molar refractivity (Wildman–Crippen MR) is 69.4 cm³/mol. The van der Waals surface area contributed by atoms with Crippen molar-refractivity contribution in [3.63, 3.8) is 0 Å². The summed E-state index contributed by atoms with van der Waals surface area (Å²) in [7, 11) is 3.29. The number of hydrogen-bond donors (Lipinski definition) is 1. The lowest BCUT2D eigenvalue weighted by Gasteiger charge is -2.10. The van der Waals surface area contributed by atoms with E-state index < -0.39 is 0 Å². The van der Waals surface area contributed by atoms with E-state index in [0.717, 1.165) is 22.6 Å². The van der Waals surface area contributed by atoms with E-state index in [0.29, 0.717) is 5.69 Å². The van der Waals surface area contributed by atoms with Gasteiger partial charge in [0.1, 0.15) is 11.5 Å². The molecule has 0 atom stereocenters. The summed E-state index contributed by atoms with van der Waals surface area (Å²) in [5.41, 5.74) is 8.46. The van der Waals surface area contributed by atoms with Gasteiger partial charge >= 0.3 is 0 Å². The molecule has 0 radical (unpaired) electrons. The number of ether oxygens (including phenoxy) is 2. The number of benzene rings is 2. The Hall–Kier alpha value is -2.16. The predicted octanol–water partition coefficient (Wildman–Crippen LogP) is 2.95. The summed E-state index contributed by atoms with van der Waals surface area (Å²) in [6, 6.07) is 13.5. The fourth-order valence-corrected chi connectivity index (χ4v) is 1.74. The molecular formula is C14H15NO2. The fraction of sp³-hybridized carbons (Fsp3) is 0.143. The summed E-state index contributed by atoms with van der Waals surface area (Å²) < 4.78 is 10.5. The first kappa shape index (κ1) is 11.3. The molecule has 0 aromatic heterocycles. The number of nitrogen functional groups attached to an aromatic ring is 1. The molecule has 2 N–H and O–H groups in total. The number of rotatable bonds is 3.